The lowest BCUT2D eigenvalue weighted by atomic mass is 10.1. The first-order chi connectivity index (χ1) is 12.5. The molecule has 1 aliphatic heterocycles. The maximum atomic E-state index is 5.96. The van der Waals surface area contributed by atoms with Gasteiger partial charge >= 0.3 is 0 Å². The SMILES string of the molecule is CN=C(NCC(C)Oc1cccc(C)c1)NC1CCc2nc(C)nn2C1. The number of nitrogens with zero attached hydrogens (tertiary/aromatic N) is 4. The Labute approximate surface area is 154 Å². The summed E-state index contributed by atoms with van der Waals surface area (Å²) in [6.45, 7) is 7.53. The minimum Gasteiger partial charge on any atom is -0.489 e. The lowest BCUT2D eigenvalue weighted by molar-refractivity contribution is 0.223. The van der Waals surface area contributed by atoms with Crippen molar-refractivity contribution in [3.63, 3.8) is 0 Å². The molecular formula is C19H28N6O. The third-order valence-electron chi connectivity index (χ3n) is 4.41. The van der Waals surface area contributed by atoms with Crippen LogP contribution < -0.4 is 15.4 Å². The smallest absolute Gasteiger partial charge is 0.191 e. The summed E-state index contributed by atoms with van der Waals surface area (Å²) in [6.07, 6.45) is 1.99. The van der Waals surface area contributed by atoms with Gasteiger partial charge < -0.3 is 15.4 Å². The van der Waals surface area contributed by atoms with Gasteiger partial charge in [-0.1, -0.05) is 12.1 Å². The van der Waals surface area contributed by atoms with Crippen LogP contribution in [0.15, 0.2) is 29.3 Å². The predicted molar refractivity (Wildman–Crippen MR) is 103 cm³/mol. The van der Waals surface area contributed by atoms with Crippen molar-refractivity contribution in [3.05, 3.63) is 41.5 Å². The highest BCUT2D eigenvalue weighted by atomic mass is 16.5. The molecular weight excluding hydrogens is 328 g/mol. The number of hydrogen-bond acceptors (Lipinski definition) is 4. The number of benzene rings is 1. The van der Waals surface area contributed by atoms with E-state index in [2.05, 4.69) is 38.7 Å². The van der Waals surface area contributed by atoms with E-state index in [4.69, 9.17) is 4.74 Å². The van der Waals surface area contributed by atoms with Crippen LogP contribution in [0.3, 0.4) is 0 Å². The van der Waals surface area contributed by atoms with E-state index in [1.165, 1.54) is 5.56 Å². The summed E-state index contributed by atoms with van der Waals surface area (Å²) < 4.78 is 7.95. The maximum absolute atomic E-state index is 5.96. The average molecular weight is 356 g/mol. The van der Waals surface area contributed by atoms with Gasteiger partial charge in [-0.3, -0.25) is 4.99 Å². The molecule has 2 unspecified atom stereocenters. The summed E-state index contributed by atoms with van der Waals surface area (Å²) in [4.78, 5) is 8.78. The van der Waals surface area contributed by atoms with Gasteiger partial charge in [-0.2, -0.15) is 5.10 Å². The molecule has 140 valence electrons. The van der Waals surface area contributed by atoms with Crippen LogP contribution in [0, 0.1) is 13.8 Å². The first-order valence-electron chi connectivity index (χ1n) is 9.14. The van der Waals surface area contributed by atoms with Gasteiger partial charge in [-0.25, -0.2) is 9.67 Å². The van der Waals surface area contributed by atoms with Crippen molar-refractivity contribution in [2.75, 3.05) is 13.6 Å². The molecule has 2 aromatic rings. The van der Waals surface area contributed by atoms with Gasteiger partial charge in [0.1, 0.15) is 23.5 Å². The Kier molecular flexibility index (Phi) is 5.75. The number of aryl methyl sites for hydroxylation is 3. The molecule has 0 saturated heterocycles. The van der Waals surface area contributed by atoms with E-state index >= 15 is 0 Å². The highest BCUT2D eigenvalue weighted by molar-refractivity contribution is 5.80. The first kappa shape index (κ1) is 18.2. The molecule has 7 nitrogen and oxygen atoms in total. The number of aromatic nitrogens is 3. The Morgan fingerprint density at radius 3 is 3.04 bits per heavy atom. The van der Waals surface area contributed by atoms with Gasteiger partial charge in [0.05, 0.1) is 13.1 Å². The molecule has 1 aromatic carbocycles. The van der Waals surface area contributed by atoms with Crippen LogP contribution in [-0.2, 0) is 13.0 Å². The molecule has 26 heavy (non-hydrogen) atoms. The second-order valence-electron chi connectivity index (χ2n) is 6.84. The van der Waals surface area contributed by atoms with Crippen LogP contribution >= 0.6 is 0 Å². The first-order valence-corrected chi connectivity index (χ1v) is 9.14. The van der Waals surface area contributed by atoms with Crippen LogP contribution in [0.2, 0.25) is 0 Å². The zero-order valence-corrected chi connectivity index (χ0v) is 16.0. The number of guanidine groups is 1. The number of aliphatic imine (C=N–C) groups is 1. The van der Waals surface area contributed by atoms with Gasteiger partial charge in [0.25, 0.3) is 0 Å². The summed E-state index contributed by atoms with van der Waals surface area (Å²) in [7, 11) is 1.79. The fraction of sp³-hybridized carbons (Fsp3) is 0.526. The number of rotatable bonds is 5. The van der Waals surface area contributed by atoms with Crippen molar-refractivity contribution in [1.82, 2.24) is 25.4 Å². The van der Waals surface area contributed by atoms with Crippen LogP contribution in [0.1, 0.15) is 30.6 Å². The van der Waals surface area contributed by atoms with Crippen molar-refractivity contribution in [2.24, 2.45) is 4.99 Å². The largest absolute Gasteiger partial charge is 0.489 e. The Balaban J connectivity index is 1.47. The monoisotopic (exact) mass is 356 g/mol. The summed E-state index contributed by atoms with van der Waals surface area (Å²) >= 11 is 0. The average Bonchev–Trinajstić information content (AvgIpc) is 2.97. The van der Waals surface area contributed by atoms with E-state index < -0.39 is 0 Å². The molecule has 0 fully saturated rings. The van der Waals surface area contributed by atoms with Crippen molar-refractivity contribution in [2.45, 2.75) is 52.3 Å². The van der Waals surface area contributed by atoms with Gasteiger partial charge in [-0.05, 0) is 44.9 Å². The Hall–Kier alpha value is -2.57. The van der Waals surface area contributed by atoms with Gasteiger partial charge in [0, 0.05) is 19.5 Å². The van der Waals surface area contributed by atoms with Crippen LogP contribution in [0.25, 0.3) is 0 Å². The molecule has 0 aliphatic carbocycles. The second-order valence-corrected chi connectivity index (χ2v) is 6.84. The van der Waals surface area contributed by atoms with Gasteiger partial charge in [0.15, 0.2) is 5.96 Å². The normalized spacial score (nSPS) is 18.2. The van der Waals surface area contributed by atoms with E-state index in [0.29, 0.717) is 12.6 Å². The topological polar surface area (TPSA) is 76.4 Å². The van der Waals surface area contributed by atoms with E-state index in [1.54, 1.807) is 7.05 Å². The number of fused-ring (bicyclic) bond motifs is 1. The fourth-order valence-electron chi connectivity index (χ4n) is 3.14. The maximum Gasteiger partial charge on any atom is 0.191 e. The molecule has 0 spiro atoms. The standard InChI is InChI=1S/C19H28N6O/c1-13-6-5-7-17(10-13)26-14(2)11-21-19(20-4)23-16-8-9-18-22-15(3)24-25(18)12-16/h5-7,10,14,16H,8-9,11-12H2,1-4H3,(H2,20,21,23). The number of hydrogen-bond donors (Lipinski definition) is 2. The van der Waals surface area contributed by atoms with Crippen molar-refractivity contribution in [3.8, 4) is 5.75 Å². The lowest BCUT2D eigenvalue weighted by Gasteiger charge is -2.26. The summed E-state index contributed by atoms with van der Waals surface area (Å²) in [5.74, 6) is 3.59. The Morgan fingerprint density at radius 1 is 1.42 bits per heavy atom. The van der Waals surface area contributed by atoms with Crippen molar-refractivity contribution >= 4 is 5.96 Å². The quantitative estimate of drug-likeness (QED) is 0.631. The Bertz CT molecular complexity index is 769. The molecule has 2 atom stereocenters. The van der Waals surface area contributed by atoms with E-state index in [0.717, 1.165) is 42.7 Å². The Morgan fingerprint density at radius 2 is 2.27 bits per heavy atom. The number of ether oxygens (including phenoxy) is 1. The highest BCUT2D eigenvalue weighted by Gasteiger charge is 2.21. The summed E-state index contributed by atoms with van der Waals surface area (Å²) in [6, 6.07) is 8.39. The molecule has 0 radical (unpaired) electrons. The lowest BCUT2D eigenvalue weighted by Crippen LogP contribution is -2.48. The molecule has 1 aromatic heterocycles. The molecule has 0 saturated carbocycles. The predicted octanol–water partition coefficient (Wildman–Crippen LogP) is 1.84. The van der Waals surface area contributed by atoms with Gasteiger partial charge in [-0.15, -0.1) is 0 Å². The molecule has 3 rings (SSSR count). The number of nitrogens with one attached hydrogen (secondary N) is 2. The highest BCUT2D eigenvalue weighted by Crippen LogP contribution is 2.14. The van der Waals surface area contributed by atoms with E-state index in [9.17, 15) is 0 Å². The summed E-state index contributed by atoms with van der Waals surface area (Å²) in [5, 5.41) is 11.3. The van der Waals surface area contributed by atoms with Crippen molar-refractivity contribution < 1.29 is 4.74 Å². The third kappa shape index (κ3) is 4.74. The minimum atomic E-state index is 0.0336. The zero-order valence-electron chi connectivity index (χ0n) is 16.0. The third-order valence-corrected chi connectivity index (χ3v) is 4.41. The fourth-order valence-corrected chi connectivity index (χ4v) is 3.14. The van der Waals surface area contributed by atoms with Gasteiger partial charge in [0.2, 0.25) is 0 Å². The van der Waals surface area contributed by atoms with Crippen LogP contribution in [-0.4, -0.2) is 46.5 Å². The van der Waals surface area contributed by atoms with Crippen LogP contribution in [0.4, 0.5) is 0 Å². The van der Waals surface area contributed by atoms with E-state index in [1.807, 2.05) is 36.7 Å². The summed E-state index contributed by atoms with van der Waals surface area (Å²) in [5.41, 5.74) is 1.19. The molecule has 2 heterocycles. The second kappa shape index (κ2) is 8.21. The molecule has 0 bridgehead atoms. The van der Waals surface area contributed by atoms with Crippen molar-refractivity contribution in [1.29, 1.82) is 0 Å². The van der Waals surface area contributed by atoms with Crippen LogP contribution in [0.5, 0.6) is 5.75 Å². The zero-order chi connectivity index (χ0) is 18.5. The minimum absolute atomic E-state index is 0.0336. The van der Waals surface area contributed by atoms with E-state index in [-0.39, 0.29) is 6.10 Å². The molecule has 1 aliphatic rings. The molecule has 0 amide bonds. The molecule has 7 heteroatoms. The molecule has 2 N–H and O–H groups in total.